The van der Waals surface area contributed by atoms with E-state index in [2.05, 4.69) is 0 Å². The fraction of sp³-hybridized carbons (Fsp3) is 0.462. The normalized spacial score (nSPS) is 21.2. The molecule has 0 aliphatic carbocycles. The van der Waals surface area contributed by atoms with Crippen molar-refractivity contribution < 1.29 is 19.4 Å². The zero-order valence-corrected chi connectivity index (χ0v) is 9.54. The van der Waals surface area contributed by atoms with Gasteiger partial charge in [0.2, 0.25) is 0 Å². The lowest BCUT2D eigenvalue weighted by Crippen LogP contribution is -2.28. The topological polar surface area (TPSA) is 55.8 Å². The minimum absolute atomic E-state index is 0.161. The maximum absolute atomic E-state index is 11.2. The molecule has 4 heteroatoms. The highest BCUT2D eigenvalue weighted by atomic mass is 16.5. The molecule has 4 nitrogen and oxygen atoms in total. The van der Waals surface area contributed by atoms with Gasteiger partial charge in [-0.05, 0) is 12.0 Å². The fourth-order valence-corrected chi connectivity index (χ4v) is 1.85. The number of esters is 1. The number of benzene rings is 1. The Morgan fingerprint density at radius 2 is 2.18 bits per heavy atom. The van der Waals surface area contributed by atoms with Gasteiger partial charge in [0.15, 0.2) is 0 Å². The van der Waals surface area contributed by atoms with Crippen LogP contribution in [0.1, 0.15) is 12.0 Å². The highest BCUT2D eigenvalue weighted by Gasteiger charge is 2.33. The average molecular weight is 236 g/mol. The van der Waals surface area contributed by atoms with Crippen molar-refractivity contribution >= 4 is 5.97 Å². The molecule has 1 saturated heterocycles. The van der Waals surface area contributed by atoms with Gasteiger partial charge >= 0.3 is 5.97 Å². The first-order valence-electron chi connectivity index (χ1n) is 5.74. The van der Waals surface area contributed by atoms with Crippen molar-refractivity contribution in [2.24, 2.45) is 5.92 Å². The lowest BCUT2D eigenvalue weighted by atomic mass is 10.0. The van der Waals surface area contributed by atoms with Crippen LogP contribution in [0, 0.1) is 5.92 Å². The van der Waals surface area contributed by atoms with Crippen molar-refractivity contribution in [2.75, 3.05) is 13.2 Å². The van der Waals surface area contributed by atoms with Crippen molar-refractivity contribution in [3.05, 3.63) is 35.9 Å². The molecule has 0 amide bonds. The Morgan fingerprint density at radius 1 is 1.41 bits per heavy atom. The first-order valence-corrected chi connectivity index (χ1v) is 5.74. The molecule has 1 N–H and O–H groups in total. The van der Waals surface area contributed by atoms with Gasteiger partial charge in [-0.2, -0.15) is 0 Å². The van der Waals surface area contributed by atoms with Crippen LogP contribution in [0.3, 0.4) is 0 Å². The minimum Gasteiger partial charge on any atom is -0.465 e. The quantitative estimate of drug-likeness (QED) is 0.778. The van der Waals surface area contributed by atoms with Gasteiger partial charge in [-0.3, -0.25) is 4.79 Å². The third-order valence-corrected chi connectivity index (χ3v) is 2.84. The first-order chi connectivity index (χ1) is 8.27. The Labute approximate surface area is 100 Å². The van der Waals surface area contributed by atoms with E-state index in [1.807, 2.05) is 30.3 Å². The Morgan fingerprint density at radius 3 is 2.82 bits per heavy atom. The second-order valence-electron chi connectivity index (χ2n) is 4.13. The van der Waals surface area contributed by atoms with Crippen LogP contribution in [0.2, 0.25) is 0 Å². The van der Waals surface area contributed by atoms with Crippen molar-refractivity contribution in [3.63, 3.8) is 0 Å². The summed E-state index contributed by atoms with van der Waals surface area (Å²) in [6.07, 6.45) is -0.192. The molecule has 1 aliphatic heterocycles. The minimum atomic E-state index is -0.770. The molecule has 0 bridgehead atoms. The average Bonchev–Trinajstić information content (AvgIpc) is 2.77. The molecule has 1 heterocycles. The summed E-state index contributed by atoms with van der Waals surface area (Å²) in [5, 5.41) is 9.77. The van der Waals surface area contributed by atoms with Gasteiger partial charge in [0.1, 0.15) is 0 Å². The Kier molecular flexibility index (Phi) is 4.12. The van der Waals surface area contributed by atoms with Gasteiger partial charge in [0.05, 0.1) is 31.8 Å². The predicted molar refractivity (Wildman–Crippen MR) is 61.2 cm³/mol. The SMILES string of the molecule is O=C1OCC[C@H]1[C@@H](O)COCc1ccccc1. The molecule has 0 saturated carbocycles. The van der Waals surface area contributed by atoms with E-state index in [1.54, 1.807) is 0 Å². The number of cyclic esters (lactones) is 1. The largest absolute Gasteiger partial charge is 0.465 e. The molecule has 1 aliphatic rings. The number of aliphatic hydroxyl groups excluding tert-OH is 1. The number of carbonyl (C=O) groups is 1. The molecule has 0 spiro atoms. The second kappa shape index (κ2) is 5.80. The number of carbonyl (C=O) groups excluding carboxylic acids is 1. The van der Waals surface area contributed by atoms with Crippen LogP contribution in [0.25, 0.3) is 0 Å². The van der Waals surface area contributed by atoms with Crippen LogP contribution in [0.4, 0.5) is 0 Å². The summed E-state index contributed by atoms with van der Waals surface area (Å²) in [6, 6.07) is 9.71. The third-order valence-electron chi connectivity index (χ3n) is 2.84. The van der Waals surface area contributed by atoms with E-state index in [-0.39, 0.29) is 12.6 Å². The van der Waals surface area contributed by atoms with E-state index >= 15 is 0 Å². The van der Waals surface area contributed by atoms with Gasteiger partial charge < -0.3 is 14.6 Å². The van der Waals surface area contributed by atoms with Crippen molar-refractivity contribution in [1.82, 2.24) is 0 Å². The van der Waals surface area contributed by atoms with Crippen LogP contribution in [-0.4, -0.2) is 30.4 Å². The summed E-state index contributed by atoms with van der Waals surface area (Å²) in [5.74, 6) is -0.744. The zero-order chi connectivity index (χ0) is 12.1. The van der Waals surface area contributed by atoms with Crippen LogP contribution in [0.5, 0.6) is 0 Å². The molecule has 0 unspecified atom stereocenters. The Balaban J connectivity index is 1.73. The molecule has 0 radical (unpaired) electrons. The standard InChI is InChI=1S/C13H16O4/c14-12(11-6-7-17-13(11)15)9-16-8-10-4-2-1-3-5-10/h1-5,11-12,14H,6-9H2/t11-,12-/m0/s1. The summed E-state index contributed by atoms with van der Waals surface area (Å²) in [4.78, 5) is 11.2. The van der Waals surface area contributed by atoms with E-state index in [4.69, 9.17) is 9.47 Å². The monoisotopic (exact) mass is 236 g/mol. The smallest absolute Gasteiger partial charge is 0.311 e. The van der Waals surface area contributed by atoms with E-state index in [0.717, 1.165) is 5.56 Å². The first kappa shape index (κ1) is 12.1. The van der Waals surface area contributed by atoms with E-state index in [1.165, 1.54) is 0 Å². The molecule has 2 rings (SSSR count). The van der Waals surface area contributed by atoms with E-state index in [9.17, 15) is 9.90 Å². The Bertz CT molecular complexity index is 363. The summed E-state index contributed by atoms with van der Waals surface area (Å²) >= 11 is 0. The lowest BCUT2D eigenvalue weighted by Gasteiger charge is -2.14. The molecule has 1 fully saturated rings. The van der Waals surface area contributed by atoms with Crippen LogP contribution < -0.4 is 0 Å². The number of rotatable bonds is 5. The van der Waals surface area contributed by atoms with Crippen molar-refractivity contribution in [1.29, 1.82) is 0 Å². The van der Waals surface area contributed by atoms with Crippen LogP contribution in [-0.2, 0) is 20.9 Å². The number of ether oxygens (including phenoxy) is 2. The molecular formula is C13H16O4. The second-order valence-corrected chi connectivity index (χ2v) is 4.13. The zero-order valence-electron chi connectivity index (χ0n) is 9.54. The van der Waals surface area contributed by atoms with Gasteiger partial charge in [-0.25, -0.2) is 0 Å². The molecule has 1 aromatic carbocycles. The van der Waals surface area contributed by atoms with Crippen LogP contribution in [0.15, 0.2) is 30.3 Å². The Hall–Kier alpha value is -1.39. The lowest BCUT2D eigenvalue weighted by molar-refractivity contribution is -0.145. The fourth-order valence-electron chi connectivity index (χ4n) is 1.85. The molecule has 17 heavy (non-hydrogen) atoms. The van der Waals surface area contributed by atoms with Gasteiger partial charge in [-0.15, -0.1) is 0 Å². The summed E-state index contributed by atoms with van der Waals surface area (Å²) in [6.45, 7) is 1.01. The maximum atomic E-state index is 11.2. The molecule has 1 aromatic rings. The van der Waals surface area contributed by atoms with Crippen LogP contribution >= 0.6 is 0 Å². The van der Waals surface area contributed by atoms with E-state index in [0.29, 0.717) is 19.6 Å². The van der Waals surface area contributed by atoms with Crippen molar-refractivity contribution in [3.8, 4) is 0 Å². The van der Waals surface area contributed by atoms with Gasteiger partial charge in [-0.1, -0.05) is 30.3 Å². The third kappa shape index (κ3) is 3.28. The maximum Gasteiger partial charge on any atom is 0.311 e. The van der Waals surface area contributed by atoms with Gasteiger partial charge in [0.25, 0.3) is 0 Å². The predicted octanol–water partition coefficient (Wildman–Crippen LogP) is 1.13. The van der Waals surface area contributed by atoms with Crippen molar-refractivity contribution in [2.45, 2.75) is 19.1 Å². The van der Waals surface area contributed by atoms with Gasteiger partial charge in [0, 0.05) is 0 Å². The molecule has 0 aromatic heterocycles. The number of hydrogen-bond donors (Lipinski definition) is 1. The molecular weight excluding hydrogens is 220 g/mol. The summed E-state index contributed by atoms with van der Waals surface area (Å²) < 4.78 is 10.2. The van der Waals surface area contributed by atoms with E-state index < -0.39 is 12.0 Å². The highest BCUT2D eigenvalue weighted by Crippen LogP contribution is 2.18. The summed E-state index contributed by atoms with van der Waals surface area (Å²) in [7, 11) is 0. The number of hydrogen-bond acceptors (Lipinski definition) is 4. The summed E-state index contributed by atoms with van der Waals surface area (Å²) in [5.41, 5.74) is 1.05. The molecule has 92 valence electrons. The highest BCUT2D eigenvalue weighted by molar-refractivity contribution is 5.74. The molecule has 2 atom stereocenters. The number of aliphatic hydroxyl groups is 1.